The Morgan fingerprint density at radius 3 is 2.57 bits per heavy atom. The molecule has 0 bridgehead atoms. The molecule has 76 valence electrons. The summed E-state index contributed by atoms with van der Waals surface area (Å²) in [5.41, 5.74) is 6.58. The molecule has 0 radical (unpaired) electrons. The van der Waals surface area contributed by atoms with Gasteiger partial charge in [0.1, 0.15) is 11.9 Å². The molecule has 0 aliphatic heterocycles. The van der Waals surface area contributed by atoms with E-state index in [4.69, 9.17) is 17.6 Å². The smallest absolute Gasteiger partial charge is 0.325 e. The molecular formula is C10H12ClNO2. The Morgan fingerprint density at radius 2 is 2.07 bits per heavy atom. The van der Waals surface area contributed by atoms with E-state index in [0.29, 0.717) is 6.54 Å². The van der Waals surface area contributed by atoms with Gasteiger partial charge in [0.15, 0.2) is 0 Å². The van der Waals surface area contributed by atoms with Crippen molar-refractivity contribution in [3.8, 4) is 0 Å². The zero-order valence-electron chi connectivity index (χ0n) is 7.65. The molecule has 2 N–H and O–H groups in total. The third-order valence-electron chi connectivity index (χ3n) is 2.05. The Kier molecular flexibility index (Phi) is 4.43. The van der Waals surface area contributed by atoms with Crippen molar-refractivity contribution in [1.29, 1.82) is 0 Å². The molecule has 1 aromatic rings. The molecule has 0 saturated carbocycles. The SMILES string of the molecule is NCC(CC(=O)OCl)c1ccccc1. The summed E-state index contributed by atoms with van der Waals surface area (Å²) < 4.78 is 4.08. The van der Waals surface area contributed by atoms with Crippen molar-refractivity contribution >= 4 is 17.8 Å². The lowest BCUT2D eigenvalue weighted by Crippen LogP contribution is -2.16. The third-order valence-corrected chi connectivity index (χ3v) is 2.23. The maximum Gasteiger partial charge on any atom is 0.325 e. The average molecular weight is 214 g/mol. The van der Waals surface area contributed by atoms with E-state index in [1.165, 1.54) is 0 Å². The first-order valence-electron chi connectivity index (χ1n) is 4.34. The summed E-state index contributed by atoms with van der Waals surface area (Å²) in [5, 5.41) is 0. The monoisotopic (exact) mass is 213 g/mol. The van der Waals surface area contributed by atoms with E-state index in [1.54, 1.807) is 0 Å². The van der Waals surface area contributed by atoms with Crippen molar-refractivity contribution in [1.82, 2.24) is 0 Å². The summed E-state index contributed by atoms with van der Waals surface area (Å²) >= 11 is 4.95. The number of carbonyl (C=O) groups is 1. The summed E-state index contributed by atoms with van der Waals surface area (Å²) in [7, 11) is 0. The Morgan fingerprint density at radius 1 is 1.43 bits per heavy atom. The lowest BCUT2D eigenvalue weighted by Gasteiger charge is -2.12. The number of benzene rings is 1. The highest BCUT2D eigenvalue weighted by molar-refractivity contribution is 6.13. The van der Waals surface area contributed by atoms with Crippen LogP contribution in [0.15, 0.2) is 30.3 Å². The van der Waals surface area contributed by atoms with Gasteiger partial charge in [-0.1, -0.05) is 30.3 Å². The van der Waals surface area contributed by atoms with Crippen molar-refractivity contribution in [2.24, 2.45) is 5.73 Å². The van der Waals surface area contributed by atoms with Crippen LogP contribution in [0, 0.1) is 0 Å². The zero-order valence-corrected chi connectivity index (χ0v) is 8.41. The van der Waals surface area contributed by atoms with E-state index in [9.17, 15) is 4.79 Å². The van der Waals surface area contributed by atoms with Crippen LogP contribution in [-0.4, -0.2) is 12.5 Å². The van der Waals surface area contributed by atoms with Crippen LogP contribution in [0.2, 0.25) is 0 Å². The third kappa shape index (κ3) is 3.01. The van der Waals surface area contributed by atoms with E-state index >= 15 is 0 Å². The largest absolute Gasteiger partial charge is 0.348 e. The minimum absolute atomic E-state index is 0.0255. The number of nitrogens with two attached hydrogens (primary N) is 1. The summed E-state index contributed by atoms with van der Waals surface area (Å²) in [6.45, 7) is 0.399. The molecule has 0 aliphatic rings. The number of hydrogen-bond donors (Lipinski definition) is 1. The first-order chi connectivity index (χ1) is 6.77. The number of halogens is 1. The van der Waals surface area contributed by atoms with Crippen molar-refractivity contribution in [3.05, 3.63) is 35.9 Å². The van der Waals surface area contributed by atoms with Gasteiger partial charge in [0.2, 0.25) is 0 Å². The molecule has 4 heteroatoms. The van der Waals surface area contributed by atoms with Crippen LogP contribution in [0.25, 0.3) is 0 Å². The summed E-state index contributed by atoms with van der Waals surface area (Å²) in [6, 6.07) is 9.59. The predicted octanol–water partition coefficient (Wildman–Crippen LogP) is 1.82. The topological polar surface area (TPSA) is 52.3 Å². The van der Waals surface area contributed by atoms with Crippen molar-refractivity contribution < 1.29 is 9.08 Å². The molecule has 0 aliphatic carbocycles. The molecule has 1 unspecified atom stereocenters. The summed E-state index contributed by atoms with van der Waals surface area (Å²) in [5.74, 6) is -0.478. The minimum Gasteiger partial charge on any atom is -0.348 e. The van der Waals surface area contributed by atoms with Gasteiger partial charge in [0.05, 0.1) is 6.42 Å². The lowest BCUT2D eigenvalue weighted by atomic mass is 9.96. The highest BCUT2D eigenvalue weighted by Crippen LogP contribution is 2.18. The van der Waals surface area contributed by atoms with Gasteiger partial charge in [0, 0.05) is 5.92 Å². The molecule has 0 fully saturated rings. The fourth-order valence-corrected chi connectivity index (χ4v) is 1.36. The van der Waals surface area contributed by atoms with Gasteiger partial charge in [-0.3, -0.25) is 4.79 Å². The van der Waals surface area contributed by atoms with Crippen LogP contribution in [-0.2, 0) is 9.08 Å². The average Bonchev–Trinajstić information content (AvgIpc) is 2.26. The fourth-order valence-electron chi connectivity index (χ4n) is 1.30. The van der Waals surface area contributed by atoms with Crippen LogP contribution < -0.4 is 5.73 Å². The fraction of sp³-hybridized carbons (Fsp3) is 0.300. The number of rotatable bonds is 4. The molecular weight excluding hydrogens is 202 g/mol. The second-order valence-corrected chi connectivity index (χ2v) is 3.15. The molecule has 14 heavy (non-hydrogen) atoms. The maximum atomic E-state index is 10.9. The Labute approximate surface area is 88.0 Å². The van der Waals surface area contributed by atoms with Gasteiger partial charge in [-0.2, -0.15) is 0 Å². The van der Waals surface area contributed by atoms with E-state index in [1.807, 2.05) is 30.3 Å². The van der Waals surface area contributed by atoms with E-state index < -0.39 is 5.97 Å². The van der Waals surface area contributed by atoms with Gasteiger partial charge in [-0.25, -0.2) is 0 Å². The molecule has 1 rings (SSSR count). The van der Waals surface area contributed by atoms with Gasteiger partial charge in [-0.15, -0.1) is 0 Å². The Hall–Kier alpha value is -1.06. The van der Waals surface area contributed by atoms with Gasteiger partial charge in [-0.05, 0) is 12.1 Å². The summed E-state index contributed by atoms with van der Waals surface area (Å²) in [4.78, 5) is 10.9. The molecule has 3 nitrogen and oxygen atoms in total. The first kappa shape index (κ1) is 11.0. The Bertz CT molecular complexity index is 289. The standard InChI is InChI=1S/C10H12ClNO2/c11-14-10(13)6-9(7-12)8-4-2-1-3-5-8/h1-5,9H,6-7,12H2. The molecule has 0 amide bonds. The van der Waals surface area contributed by atoms with Crippen LogP contribution in [0.5, 0.6) is 0 Å². The van der Waals surface area contributed by atoms with Gasteiger partial charge >= 0.3 is 5.97 Å². The minimum atomic E-state index is -0.453. The molecule has 0 heterocycles. The van der Waals surface area contributed by atoms with Gasteiger partial charge in [0.25, 0.3) is 0 Å². The molecule has 0 saturated heterocycles. The van der Waals surface area contributed by atoms with Crippen LogP contribution >= 0.6 is 11.9 Å². The van der Waals surface area contributed by atoms with E-state index in [0.717, 1.165) is 5.56 Å². The van der Waals surface area contributed by atoms with E-state index in [-0.39, 0.29) is 12.3 Å². The zero-order chi connectivity index (χ0) is 10.4. The molecule has 1 aromatic carbocycles. The Balaban J connectivity index is 2.68. The second kappa shape index (κ2) is 5.62. The van der Waals surface area contributed by atoms with E-state index in [2.05, 4.69) is 4.29 Å². The number of hydrogen-bond acceptors (Lipinski definition) is 3. The summed E-state index contributed by atoms with van der Waals surface area (Å²) in [6.07, 6.45) is 0.212. The van der Waals surface area contributed by atoms with Crippen LogP contribution in [0.4, 0.5) is 0 Å². The van der Waals surface area contributed by atoms with Gasteiger partial charge < -0.3 is 10.0 Å². The van der Waals surface area contributed by atoms with Crippen LogP contribution in [0.1, 0.15) is 17.9 Å². The molecule has 1 atom stereocenters. The second-order valence-electron chi connectivity index (χ2n) is 3.00. The number of carbonyl (C=O) groups excluding carboxylic acids is 1. The predicted molar refractivity (Wildman–Crippen MR) is 54.8 cm³/mol. The van der Waals surface area contributed by atoms with Crippen molar-refractivity contribution in [3.63, 3.8) is 0 Å². The highest BCUT2D eigenvalue weighted by atomic mass is 35.5. The lowest BCUT2D eigenvalue weighted by molar-refractivity contribution is -0.134. The normalized spacial score (nSPS) is 12.1. The molecule has 0 aromatic heterocycles. The van der Waals surface area contributed by atoms with Crippen molar-refractivity contribution in [2.75, 3.05) is 6.54 Å². The first-order valence-corrected chi connectivity index (χ1v) is 4.65. The van der Waals surface area contributed by atoms with Crippen LogP contribution in [0.3, 0.4) is 0 Å². The van der Waals surface area contributed by atoms with Crippen molar-refractivity contribution in [2.45, 2.75) is 12.3 Å². The quantitative estimate of drug-likeness (QED) is 0.830. The molecule has 0 spiro atoms. The highest BCUT2D eigenvalue weighted by Gasteiger charge is 2.14. The maximum absolute atomic E-state index is 10.9.